The van der Waals surface area contributed by atoms with Crippen molar-refractivity contribution in [3.63, 3.8) is 0 Å². The molecule has 0 unspecified atom stereocenters. The third kappa shape index (κ3) is 7.73. The molecule has 0 radical (unpaired) electrons. The Labute approximate surface area is 246 Å². The summed E-state index contributed by atoms with van der Waals surface area (Å²) in [7, 11) is 6.35. The number of carbonyl (C=O) groups excluding carboxylic acids is 2. The average molecular weight is 581 g/mol. The summed E-state index contributed by atoms with van der Waals surface area (Å²) in [6.45, 7) is 0.317. The molecule has 2 aromatic carbocycles. The second kappa shape index (κ2) is 14.8. The zero-order valence-corrected chi connectivity index (χ0v) is 25.1. The summed E-state index contributed by atoms with van der Waals surface area (Å²) in [6, 6.07) is 14.2. The van der Waals surface area contributed by atoms with E-state index in [0.29, 0.717) is 41.5 Å². The number of carbonyl (C=O) groups is 2. The van der Waals surface area contributed by atoms with E-state index in [-0.39, 0.29) is 24.3 Å². The first-order valence-electron chi connectivity index (χ1n) is 14.0. The number of nitrogens with zero attached hydrogens (tertiary/aromatic N) is 1. The van der Waals surface area contributed by atoms with Crippen LogP contribution < -0.4 is 24.3 Å². The number of hydrogen-bond donors (Lipinski definition) is 1. The number of nitrogens with one attached hydrogen (secondary N) is 1. The SMILES string of the molecule is COc1ccc([C@H](C(=O)NC2CCCCC2)N(CCc2ccc(OC)c(OC)c2)C(=O)Cc2cccs2)c(OC)c1. The van der Waals surface area contributed by atoms with Crippen LogP contribution in [0.25, 0.3) is 0 Å². The van der Waals surface area contributed by atoms with Gasteiger partial charge in [-0.25, -0.2) is 0 Å². The Kier molecular flexibility index (Phi) is 10.9. The summed E-state index contributed by atoms with van der Waals surface area (Å²) in [4.78, 5) is 30.8. The Balaban J connectivity index is 1.72. The summed E-state index contributed by atoms with van der Waals surface area (Å²) >= 11 is 1.53. The average Bonchev–Trinajstić information content (AvgIpc) is 3.52. The van der Waals surface area contributed by atoms with Gasteiger partial charge in [0.1, 0.15) is 17.5 Å². The number of hydrogen-bond acceptors (Lipinski definition) is 7. The lowest BCUT2D eigenvalue weighted by atomic mass is 9.94. The molecule has 0 spiro atoms. The van der Waals surface area contributed by atoms with Crippen LogP contribution in [0.5, 0.6) is 23.0 Å². The minimum Gasteiger partial charge on any atom is -0.497 e. The van der Waals surface area contributed by atoms with Crippen molar-refractivity contribution in [1.29, 1.82) is 0 Å². The molecule has 1 aliphatic rings. The fourth-order valence-electron chi connectivity index (χ4n) is 5.37. The smallest absolute Gasteiger partial charge is 0.247 e. The van der Waals surface area contributed by atoms with E-state index in [1.807, 2.05) is 41.8 Å². The van der Waals surface area contributed by atoms with Crippen molar-refractivity contribution in [1.82, 2.24) is 10.2 Å². The molecule has 0 saturated heterocycles. The number of amides is 2. The fourth-order valence-corrected chi connectivity index (χ4v) is 6.07. The molecule has 1 aliphatic carbocycles. The summed E-state index contributed by atoms with van der Waals surface area (Å²) in [5.41, 5.74) is 1.58. The lowest BCUT2D eigenvalue weighted by Gasteiger charge is -2.34. The van der Waals surface area contributed by atoms with Crippen molar-refractivity contribution in [2.45, 2.75) is 57.0 Å². The monoisotopic (exact) mass is 580 g/mol. The second-order valence-electron chi connectivity index (χ2n) is 10.1. The molecule has 9 heteroatoms. The second-order valence-corrected chi connectivity index (χ2v) is 11.2. The summed E-state index contributed by atoms with van der Waals surface area (Å²) in [5.74, 6) is 2.02. The molecule has 0 aliphatic heterocycles. The number of rotatable bonds is 13. The van der Waals surface area contributed by atoms with Gasteiger partial charge >= 0.3 is 0 Å². The molecule has 2 amide bonds. The van der Waals surface area contributed by atoms with Gasteiger partial charge in [0.25, 0.3) is 0 Å². The Bertz CT molecular complexity index is 1290. The predicted octanol–water partition coefficient (Wildman–Crippen LogP) is 5.59. The van der Waals surface area contributed by atoms with Crippen molar-refractivity contribution >= 4 is 23.2 Å². The third-order valence-corrected chi connectivity index (χ3v) is 8.44. The molecule has 220 valence electrons. The van der Waals surface area contributed by atoms with Crippen LogP contribution in [0.2, 0.25) is 0 Å². The zero-order chi connectivity index (χ0) is 29.2. The maximum atomic E-state index is 14.2. The van der Waals surface area contributed by atoms with E-state index in [9.17, 15) is 9.59 Å². The van der Waals surface area contributed by atoms with E-state index in [1.54, 1.807) is 45.5 Å². The number of thiophene rings is 1. The summed E-state index contributed by atoms with van der Waals surface area (Å²) < 4.78 is 22.0. The van der Waals surface area contributed by atoms with Crippen molar-refractivity contribution in [3.05, 3.63) is 69.9 Å². The quantitative estimate of drug-likeness (QED) is 0.284. The standard InChI is InChI=1S/C32H40N2O6S/c1-37-24-13-14-26(28(20-24)39-3)31(32(36)33-23-9-6-5-7-10-23)34(30(35)21-25-11-8-18-41-25)17-16-22-12-15-27(38-2)29(19-22)40-4/h8,11-15,18-20,23,31H,5-7,9-10,16-17,21H2,1-4H3,(H,33,36)/t31-/m1/s1. The number of ether oxygens (including phenoxy) is 4. The Morgan fingerprint density at radius 2 is 1.66 bits per heavy atom. The Morgan fingerprint density at radius 3 is 2.32 bits per heavy atom. The maximum Gasteiger partial charge on any atom is 0.247 e. The van der Waals surface area contributed by atoms with Crippen molar-refractivity contribution in [2.75, 3.05) is 35.0 Å². The van der Waals surface area contributed by atoms with Crippen LogP contribution in [0, 0.1) is 0 Å². The number of methoxy groups -OCH3 is 4. The summed E-state index contributed by atoms with van der Waals surface area (Å²) in [5, 5.41) is 5.22. The zero-order valence-electron chi connectivity index (χ0n) is 24.3. The molecule has 1 atom stereocenters. The third-order valence-electron chi connectivity index (χ3n) is 7.56. The van der Waals surface area contributed by atoms with Crippen molar-refractivity contribution in [2.24, 2.45) is 0 Å². The molecule has 1 heterocycles. The van der Waals surface area contributed by atoms with Crippen LogP contribution in [0.15, 0.2) is 53.9 Å². The molecule has 1 aromatic heterocycles. The van der Waals surface area contributed by atoms with Gasteiger partial charge in [-0.05, 0) is 60.5 Å². The topological polar surface area (TPSA) is 86.3 Å². The Hall–Kier alpha value is -3.72. The van der Waals surface area contributed by atoms with Crippen LogP contribution in [0.4, 0.5) is 0 Å². The van der Waals surface area contributed by atoms with Crippen LogP contribution in [-0.2, 0) is 22.4 Å². The van der Waals surface area contributed by atoms with Crippen LogP contribution in [-0.4, -0.2) is 57.7 Å². The molecular formula is C32H40N2O6S. The highest BCUT2D eigenvalue weighted by Crippen LogP contribution is 2.35. The Morgan fingerprint density at radius 1 is 0.902 bits per heavy atom. The van der Waals surface area contributed by atoms with Gasteiger partial charge in [-0.3, -0.25) is 9.59 Å². The van der Waals surface area contributed by atoms with Crippen LogP contribution in [0.1, 0.15) is 54.1 Å². The molecule has 1 fully saturated rings. The van der Waals surface area contributed by atoms with E-state index in [1.165, 1.54) is 17.8 Å². The minimum atomic E-state index is -0.884. The highest BCUT2D eigenvalue weighted by Gasteiger charge is 2.35. The molecule has 3 aromatic rings. The number of benzene rings is 2. The molecule has 4 rings (SSSR count). The molecule has 8 nitrogen and oxygen atoms in total. The van der Waals surface area contributed by atoms with Gasteiger partial charge < -0.3 is 29.2 Å². The summed E-state index contributed by atoms with van der Waals surface area (Å²) in [6.07, 6.45) is 5.94. The van der Waals surface area contributed by atoms with E-state index in [0.717, 1.165) is 36.1 Å². The van der Waals surface area contributed by atoms with Gasteiger partial charge in [-0.2, -0.15) is 0 Å². The highest BCUT2D eigenvalue weighted by atomic mass is 32.1. The van der Waals surface area contributed by atoms with E-state index < -0.39 is 6.04 Å². The molecule has 41 heavy (non-hydrogen) atoms. The van der Waals surface area contributed by atoms with Crippen molar-refractivity contribution in [3.8, 4) is 23.0 Å². The molecule has 1 saturated carbocycles. The van der Waals surface area contributed by atoms with E-state index >= 15 is 0 Å². The van der Waals surface area contributed by atoms with Gasteiger partial charge in [0.05, 0.1) is 34.9 Å². The maximum absolute atomic E-state index is 14.2. The van der Waals surface area contributed by atoms with Gasteiger partial charge in [0, 0.05) is 29.1 Å². The van der Waals surface area contributed by atoms with Gasteiger partial charge in [0.2, 0.25) is 11.8 Å². The van der Waals surface area contributed by atoms with Gasteiger partial charge in [-0.1, -0.05) is 31.4 Å². The lowest BCUT2D eigenvalue weighted by molar-refractivity contribution is -0.140. The first kappa shape index (κ1) is 30.2. The van der Waals surface area contributed by atoms with E-state index in [4.69, 9.17) is 18.9 Å². The lowest BCUT2D eigenvalue weighted by Crippen LogP contribution is -2.48. The van der Waals surface area contributed by atoms with Crippen LogP contribution >= 0.6 is 11.3 Å². The highest BCUT2D eigenvalue weighted by molar-refractivity contribution is 7.10. The molecule has 1 N–H and O–H groups in total. The van der Waals surface area contributed by atoms with Crippen molar-refractivity contribution < 1.29 is 28.5 Å². The van der Waals surface area contributed by atoms with Gasteiger partial charge in [-0.15, -0.1) is 11.3 Å². The van der Waals surface area contributed by atoms with E-state index in [2.05, 4.69) is 5.32 Å². The first-order valence-corrected chi connectivity index (χ1v) is 14.9. The van der Waals surface area contributed by atoms with Crippen LogP contribution in [0.3, 0.4) is 0 Å². The molecular weight excluding hydrogens is 540 g/mol. The normalized spacial score (nSPS) is 14.1. The van der Waals surface area contributed by atoms with Gasteiger partial charge in [0.15, 0.2) is 11.5 Å². The molecule has 0 bridgehead atoms. The fraction of sp³-hybridized carbons (Fsp3) is 0.438. The first-order chi connectivity index (χ1) is 20.0. The predicted molar refractivity (Wildman–Crippen MR) is 160 cm³/mol. The minimum absolute atomic E-state index is 0.0862. The largest absolute Gasteiger partial charge is 0.497 e.